The molecule has 2 aromatic heterocycles. The van der Waals surface area contributed by atoms with Gasteiger partial charge in [-0.1, -0.05) is 18.2 Å². The molecule has 3 amide bonds. The molecular weight excluding hydrogens is 392 g/mol. The van der Waals surface area contributed by atoms with Crippen LogP contribution in [0.15, 0.2) is 61.1 Å². The smallest absolute Gasteiger partial charge is 0.322 e. The van der Waals surface area contributed by atoms with Crippen molar-refractivity contribution in [2.75, 3.05) is 18.4 Å². The number of pyridine rings is 1. The van der Waals surface area contributed by atoms with Crippen LogP contribution in [0.1, 0.15) is 33.6 Å². The Morgan fingerprint density at radius 1 is 0.968 bits per heavy atom. The van der Waals surface area contributed by atoms with Crippen molar-refractivity contribution in [3.63, 3.8) is 0 Å². The maximum Gasteiger partial charge on any atom is 0.322 e. The molecule has 31 heavy (non-hydrogen) atoms. The number of H-pyrrole nitrogens is 1. The van der Waals surface area contributed by atoms with E-state index in [1.807, 2.05) is 36.5 Å². The fourth-order valence-corrected chi connectivity index (χ4v) is 3.99. The number of hydrogen-bond donors (Lipinski definition) is 2. The highest BCUT2D eigenvalue weighted by Crippen LogP contribution is 2.26. The normalized spacial score (nSPS) is 15.4. The van der Waals surface area contributed by atoms with Gasteiger partial charge in [-0.25, -0.2) is 4.79 Å². The summed E-state index contributed by atoms with van der Waals surface area (Å²) in [5.74, 6) is -0.0364. The lowest BCUT2D eigenvalue weighted by Gasteiger charge is -2.26. The Morgan fingerprint density at radius 3 is 2.52 bits per heavy atom. The number of carbonyl (C=O) groups is 2. The summed E-state index contributed by atoms with van der Waals surface area (Å²) in [6.45, 7) is 2.40. The summed E-state index contributed by atoms with van der Waals surface area (Å²) in [7, 11) is 0. The molecule has 8 nitrogen and oxygen atoms in total. The third-order valence-electron chi connectivity index (χ3n) is 5.75. The minimum Gasteiger partial charge on any atom is -0.333 e. The summed E-state index contributed by atoms with van der Waals surface area (Å²) in [5.41, 5.74) is 5.81. The average Bonchev–Trinajstić information content (AvgIpc) is 3.49. The van der Waals surface area contributed by atoms with Gasteiger partial charge in [0.2, 0.25) is 0 Å². The van der Waals surface area contributed by atoms with Crippen molar-refractivity contribution in [1.29, 1.82) is 0 Å². The van der Waals surface area contributed by atoms with Crippen LogP contribution in [-0.2, 0) is 13.1 Å². The van der Waals surface area contributed by atoms with Crippen LogP contribution in [0.25, 0.3) is 5.57 Å². The molecule has 3 aromatic rings. The standard InChI is InChI=1S/C23H22N6O2/c30-22(21-6-10-25-27-21)28-11-7-17(8-12-28)16-1-3-20(4-2-16)26-23(31)29-14-18-5-9-24-13-19(18)15-29/h1-7,9-10,13H,8,11-12,14-15H2,(H,25,27)(H,26,31). The van der Waals surface area contributed by atoms with E-state index in [1.165, 1.54) is 5.57 Å². The number of anilines is 1. The van der Waals surface area contributed by atoms with Crippen molar-refractivity contribution >= 4 is 23.2 Å². The highest BCUT2D eigenvalue weighted by Gasteiger charge is 2.23. The molecule has 8 heteroatoms. The van der Waals surface area contributed by atoms with Crippen molar-refractivity contribution in [2.45, 2.75) is 19.5 Å². The molecular formula is C23H22N6O2. The van der Waals surface area contributed by atoms with Gasteiger partial charge in [0.05, 0.1) is 0 Å². The first-order chi connectivity index (χ1) is 15.2. The molecule has 0 unspecified atom stereocenters. The quantitative estimate of drug-likeness (QED) is 0.688. The molecule has 4 heterocycles. The predicted octanol–water partition coefficient (Wildman–Crippen LogP) is 3.28. The fourth-order valence-electron chi connectivity index (χ4n) is 3.99. The fraction of sp³-hybridized carbons (Fsp3) is 0.217. The molecule has 2 N–H and O–H groups in total. The van der Waals surface area contributed by atoms with Gasteiger partial charge in [0, 0.05) is 50.5 Å². The highest BCUT2D eigenvalue weighted by molar-refractivity contribution is 5.93. The Hall–Kier alpha value is -3.94. The Kier molecular flexibility index (Phi) is 4.95. The minimum atomic E-state index is -0.117. The summed E-state index contributed by atoms with van der Waals surface area (Å²) in [6, 6.07) is 11.4. The summed E-state index contributed by atoms with van der Waals surface area (Å²) in [6.07, 6.45) is 8.02. The van der Waals surface area contributed by atoms with E-state index in [0.29, 0.717) is 31.9 Å². The van der Waals surface area contributed by atoms with Gasteiger partial charge in [0.1, 0.15) is 5.69 Å². The number of aromatic amines is 1. The predicted molar refractivity (Wildman–Crippen MR) is 116 cm³/mol. The van der Waals surface area contributed by atoms with Crippen molar-refractivity contribution in [1.82, 2.24) is 25.0 Å². The maximum atomic E-state index is 12.6. The molecule has 0 radical (unpaired) electrons. The van der Waals surface area contributed by atoms with Crippen LogP contribution < -0.4 is 5.32 Å². The lowest BCUT2D eigenvalue weighted by atomic mass is 9.99. The van der Waals surface area contributed by atoms with Gasteiger partial charge in [-0.2, -0.15) is 5.10 Å². The van der Waals surface area contributed by atoms with Gasteiger partial charge >= 0.3 is 6.03 Å². The first-order valence-corrected chi connectivity index (χ1v) is 10.2. The third-order valence-corrected chi connectivity index (χ3v) is 5.75. The Morgan fingerprint density at radius 2 is 1.81 bits per heavy atom. The number of nitrogens with one attached hydrogen (secondary N) is 2. The van der Waals surface area contributed by atoms with Crippen LogP contribution >= 0.6 is 0 Å². The Bertz CT molecular complexity index is 1110. The molecule has 2 aliphatic rings. The van der Waals surface area contributed by atoms with Crippen LogP contribution in [0.2, 0.25) is 0 Å². The van der Waals surface area contributed by atoms with E-state index in [9.17, 15) is 9.59 Å². The van der Waals surface area contributed by atoms with E-state index < -0.39 is 0 Å². The van der Waals surface area contributed by atoms with E-state index in [1.54, 1.807) is 28.3 Å². The monoisotopic (exact) mass is 414 g/mol. The molecule has 5 rings (SSSR count). The lowest BCUT2D eigenvalue weighted by molar-refractivity contribution is 0.0767. The average molecular weight is 414 g/mol. The molecule has 0 saturated heterocycles. The molecule has 0 fully saturated rings. The third kappa shape index (κ3) is 3.92. The van der Waals surface area contributed by atoms with Gasteiger partial charge in [-0.15, -0.1) is 0 Å². The van der Waals surface area contributed by atoms with Gasteiger partial charge < -0.3 is 15.1 Å². The SMILES string of the molecule is O=C(Nc1ccc(C2=CCN(C(=O)c3ccn[nH]3)CC2)cc1)N1Cc2ccncc2C1. The highest BCUT2D eigenvalue weighted by atomic mass is 16.2. The Labute approximate surface area is 179 Å². The van der Waals surface area contributed by atoms with Crippen LogP contribution in [0.5, 0.6) is 0 Å². The van der Waals surface area contributed by atoms with Crippen LogP contribution in [-0.4, -0.2) is 50.0 Å². The van der Waals surface area contributed by atoms with E-state index in [-0.39, 0.29) is 11.9 Å². The largest absolute Gasteiger partial charge is 0.333 e. The number of urea groups is 1. The van der Waals surface area contributed by atoms with E-state index in [4.69, 9.17) is 0 Å². The number of aromatic nitrogens is 3. The number of amides is 3. The summed E-state index contributed by atoms with van der Waals surface area (Å²) in [5, 5.41) is 9.53. The van der Waals surface area contributed by atoms with Gasteiger partial charge in [0.25, 0.3) is 5.91 Å². The molecule has 2 aliphatic heterocycles. The topological polar surface area (TPSA) is 94.2 Å². The second kappa shape index (κ2) is 8.06. The number of fused-ring (bicyclic) bond motifs is 1. The first-order valence-electron chi connectivity index (χ1n) is 10.2. The minimum absolute atomic E-state index is 0.0364. The van der Waals surface area contributed by atoms with Crippen molar-refractivity contribution < 1.29 is 9.59 Å². The second-order valence-electron chi connectivity index (χ2n) is 7.71. The van der Waals surface area contributed by atoms with E-state index in [2.05, 4.69) is 26.6 Å². The summed E-state index contributed by atoms with van der Waals surface area (Å²) in [4.78, 5) is 32.7. The zero-order valence-corrected chi connectivity index (χ0v) is 16.9. The molecule has 0 aliphatic carbocycles. The van der Waals surface area contributed by atoms with Gasteiger partial charge in [-0.3, -0.25) is 14.9 Å². The second-order valence-corrected chi connectivity index (χ2v) is 7.71. The molecule has 0 saturated carbocycles. The number of nitrogens with zero attached hydrogens (tertiary/aromatic N) is 4. The van der Waals surface area contributed by atoms with Crippen LogP contribution in [0.4, 0.5) is 10.5 Å². The van der Waals surface area contributed by atoms with Crippen molar-refractivity contribution in [2.24, 2.45) is 0 Å². The maximum absolute atomic E-state index is 12.6. The van der Waals surface area contributed by atoms with E-state index in [0.717, 1.165) is 28.8 Å². The zero-order chi connectivity index (χ0) is 21.2. The van der Waals surface area contributed by atoms with Gasteiger partial charge in [-0.05, 0) is 52.9 Å². The van der Waals surface area contributed by atoms with Gasteiger partial charge in [0.15, 0.2) is 0 Å². The molecule has 1 aromatic carbocycles. The molecule has 0 atom stereocenters. The number of benzene rings is 1. The van der Waals surface area contributed by atoms with Crippen LogP contribution in [0, 0.1) is 0 Å². The molecule has 0 bridgehead atoms. The number of carbonyl (C=O) groups excluding carboxylic acids is 2. The number of hydrogen-bond acceptors (Lipinski definition) is 4. The van der Waals surface area contributed by atoms with Crippen LogP contribution in [0.3, 0.4) is 0 Å². The van der Waals surface area contributed by atoms with Crippen molar-refractivity contribution in [3.8, 4) is 0 Å². The molecule has 0 spiro atoms. The first kappa shape index (κ1) is 19.0. The zero-order valence-electron chi connectivity index (χ0n) is 16.9. The summed E-state index contributed by atoms with van der Waals surface area (Å²) < 4.78 is 0. The Balaban J connectivity index is 1.19. The lowest BCUT2D eigenvalue weighted by Crippen LogP contribution is -2.34. The number of rotatable bonds is 3. The summed E-state index contributed by atoms with van der Waals surface area (Å²) >= 11 is 0. The van der Waals surface area contributed by atoms with E-state index >= 15 is 0 Å². The molecule has 156 valence electrons. The van der Waals surface area contributed by atoms with Crippen molar-refractivity contribution in [3.05, 3.63) is 83.4 Å².